The Morgan fingerprint density at radius 1 is 1.32 bits per heavy atom. The fraction of sp³-hybridized carbons (Fsp3) is 0.933. The van der Waals surface area contributed by atoms with Gasteiger partial charge in [0.15, 0.2) is 0 Å². The van der Waals surface area contributed by atoms with E-state index in [1.807, 2.05) is 7.11 Å². The molecule has 0 aromatic rings. The van der Waals surface area contributed by atoms with Gasteiger partial charge in [0.2, 0.25) is 0 Å². The predicted octanol–water partition coefficient (Wildman–Crippen LogP) is 3.25. The number of ketones is 1. The molecule has 2 rings (SSSR count). The van der Waals surface area contributed by atoms with Gasteiger partial charge < -0.3 is 4.74 Å². The molecule has 0 aliphatic carbocycles. The van der Waals surface area contributed by atoms with Gasteiger partial charge >= 0.3 is 0 Å². The van der Waals surface area contributed by atoms with Crippen LogP contribution in [0.15, 0.2) is 0 Å². The first-order chi connectivity index (χ1) is 9.13. The highest BCUT2D eigenvalue weighted by Crippen LogP contribution is 2.41. The normalized spacial score (nSPS) is 39.9. The van der Waals surface area contributed by atoms with Crippen LogP contribution in [0.3, 0.4) is 0 Å². The molecule has 0 spiro atoms. The summed E-state index contributed by atoms with van der Waals surface area (Å²) in [6.07, 6.45) is 5.97. The molecule has 2 saturated heterocycles. The van der Waals surface area contributed by atoms with E-state index < -0.39 is 0 Å². The van der Waals surface area contributed by atoms with Crippen LogP contribution < -0.4 is 0 Å². The minimum Gasteiger partial charge on any atom is -0.366 e. The Kier molecular flexibility index (Phi) is 5.66. The summed E-state index contributed by atoms with van der Waals surface area (Å²) in [7, 11) is 1.81. The van der Waals surface area contributed by atoms with Crippen molar-refractivity contribution in [3.8, 4) is 0 Å². The molecule has 2 heterocycles. The largest absolute Gasteiger partial charge is 0.366 e. The summed E-state index contributed by atoms with van der Waals surface area (Å²) in [5.41, 5.74) is 0. The smallest absolute Gasteiger partial charge is 0.146 e. The highest BCUT2D eigenvalue weighted by molar-refractivity contribution is 14.1. The first kappa shape index (κ1) is 15.7. The van der Waals surface area contributed by atoms with Crippen LogP contribution in [0.1, 0.15) is 46.0 Å². The molecule has 0 amide bonds. The lowest BCUT2D eigenvalue weighted by molar-refractivity contribution is -0.134. The summed E-state index contributed by atoms with van der Waals surface area (Å²) in [4.78, 5) is 14.3. The van der Waals surface area contributed by atoms with Crippen molar-refractivity contribution in [2.24, 2.45) is 11.8 Å². The maximum absolute atomic E-state index is 11.9. The Bertz CT molecular complexity index is 323. The first-order valence-electron chi connectivity index (χ1n) is 7.50. The number of fused-ring (bicyclic) bond motifs is 1. The van der Waals surface area contributed by atoms with Gasteiger partial charge in [-0.2, -0.15) is 0 Å². The van der Waals surface area contributed by atoms with Crippen LogP contribution in [0.25, 0.3) is 0 Å². The molecule has 3 nitrogen and oxygen atoms in total. The Hall–Kier alpha value is 0.320. The number of carbonyl (C=O) groups is 1. The summed E-state index contributed by atoms with van der Waals surface area (Å²) in [5, 5.41) is 0. The molecule has 2 aliphatic heterocycles. The van der Waals surface area contributed by atoms with Crippen LogP contribution in [0.2, 0.25) is 0 Å². The second-order valence-corrected chi connectivity index (χ2v) is 6.88. The van der Waals surface area contributed by atoms with Gasteiger partial charge in [-0.05, 0) is 44.9 Å². The number of ether oxygens (including phenoxy) is 1. The first-order valence-corrected chi connectivity index (χ1v) is 9.03. The molecule has 2 aliphatic rings. The highest BCUT2D eigenvalue weighted by Gasteiger charge is 2.46. The van der Waals surface area contributed by atoms with E-state index in [4.69, 9.17) is 4.74 Å². The monoisotopic (exact) mass is 379 g/mol. The molecule has 0 radical (unpaired) electrons. The van der Waals surface area contributed by atoms with Crippen LogP contribution in [-0.2, 0) is 9.53 Å². The number of hydrogen-bond donors (Lipinski definition) is 0. The number of Topliss-reactive ketones (excluding diaryl/α,β-unsaturated/α-hetero) is 1. The van der Waals surface area contributed by atoms with E-state index in [9.17, 15) is 4.79 Å². The Labute approximate surface area is 130 Å². The van der Waals surface area contributed by atoms with E-state index in [0.29, 0.717) is 17.7 Å². The molecule has 0 saturated carbocycles. The molecule has 0 aromatic carbocycles. The van der Waals surface area contributed by atoms with Crippen LogP contribution in [0.4, 0.5) is 0 Å². The number of nitrogens with zero attached hydrogens (tertiary/aromatic N) is 1. The fourth-order valence-corrected chi connectivity index (χ4v) is 5.19. The molecule has 4 heteroatoms. The van der Waals surface area contributed by atoms with E-state index in [2.05, 4.69) is 34.4 Å². The molecular formula is C15H26INO2. The summed E-state index contributed by atoms with van der Waals surface area (Å²) >= 11 is 2.51. The van der Waals surface area contributed by atoms with E-state index in [-0.39, 0.29) is 12.3 Å². The second-order valence-electron chi connectivity index (χ2n) is 5.99. The van der Waals surface area contributed by atoms with Crippen LogP contribution in [0, 0.1) is 11.8 Å². The van der Waals surface area contributed by atoms with E-state index >= 15 is 0 Å². The quantitative estimate of drug-likeness (QED) is 0.555. The maximum atomic E-state index is 11.9. The predicted molar refractivity (Wildman–Crippen MR) is 85.5 cm³/mol. The van der Waals surface area contributed by atoms with Crippen LogP contribution in [-0.4, -0.2) is 40.5 Å². The molecule has 0 bridgehead atoms. The molecular weight excluding hydrogens is 353 g/mol. The third-order valence-corrected chi connectivity index (χ3v) is 6.20. The van der Waals surface area contributed by atoms with Gasteiger partial charge in [0.1, 0.15) is 12.0 Å². The van der Waals surface area contributed by atoms with E-state index in [1.54, 1.807) is 6.92 Å². The van der Waals surface area contributed by atoms with E-state index in [0.717, 1.165) is 25.2 Å². The lowest BCUT2D eigenvalue weighted by Gasteiger charge is -2.38. The zero-order chi connectivity index (χ0) is 14.0. The van der Waals surface area contributed by atoms with Crippen molar-refractivity contribution in [1.82, 2.24) is 4.90 Å². The topological polar surface area (TPSA) is 29.5 Å². The van der Waals surface area contributed by atoms with Gasteiger partial charge in [-0.15, -0.1) is 0 Å². The second kappa shape index (κ2) is 6.85. The summed E-state index contributed by atoms with van der Waals surface area (Å²) in [5.74, 6) is 1.60. The third-order valence-electron chi connectivity index (χ3n) is 5.07. The van der Waals surface area contributed by atoms with Crippen molar-refractivity contribution >= 4 is 28.4 Å². The molecule has 19 heavy (non-hydrogen) atoms. The number of carbonyl (C=O) groups excluding carboxylic acids is 1. The zero-order valence-corrected chi connectivity index (χ0v) is 14.4. The van der Waals surface area contributed by atoms with Crippen LogP contribution >= 0.6 is 22.6 Å². The average molecular weight is 379 g/mol. The van der Waals surface area contributed by atoms with Crippen molar-refractivity contribution < 1.29 is 9.53 Å². The van der Waals surface area contributed by atoms with Crippen molar-refractivity contribution in [2.75, 3.05) is 11.5 Å². The fourth-order valence-electron chi connectivity index (χ4n) is 4.09. The highest BCUT2D eigenvalue weighted by atomic mass is 127. The van der Waals surface area contributed by atoms with Crippen molar-refractivity contribution in [3.63, 3.8) is 0 Å². The van der Waals surface area contributed by atoms with Gasteiger partial charge in [0.25, 0.3) is 0 Å². The lowest BCUT2D eigenvalue weighted by Crippen LogP contribution is -2.50. The van der Waals surface area contributed by atoms with Gasteiger partial charge in [0.05, 0.1) is 6.04 Å². The zero-order valence-electron chi connectivity index (χ0n) is 12.3. The number of hydrogen-bond acceptors (Lipinski definition) is 3. The molecule has 110 valence electrons. The Balaban J connectivity index is 2.28. The van der Waals surface area contributed by atoms with Gasteiger partial charge in [-0.25, -0.2) is 0 Å². The minimum atomic E-state index is 0.0944. The van der Waals surface area contributed by atoms with Crippen molar-refractivity contribution in [3.05, 3.63) is 0 Å². The van der Waals surface area contributed by atoms with Crippen molar-refractivity contribution in [1.29, 1.82) is 0 Å². The molecule has 5 atom stereocenters. The Morgan fingerprint density at radius 2 is 2.00 bits per heavy atom. The number of alkyl halides is 1. The molecule has 0 aromatic heterocycles. The lowest BCUT2D eigenvalue weighted by atomic mass is 9.87. The molecule has 2 fully saturated rings. The Morgan fingerprint density at radius 3 is 2.53 bits per heavy atom. The van der Waals surface area contributed by atoms with Gasteiger partial charge in [-0.1, -0.05) is 29.5 Å². The standard InChI is InChI=1S/C15H26INO2/c1-4-13-11(9-16)5-6-12-7-8-14(10(2)18)17(12)15(13)19-3/h11-15H,4-9H2,1-3H3. The maximum Gasteiger partial charge on any atom is 0.146 e. The third kappa shape index (κ3) is 3.00. The molecule has 5 unspecified atom stereocenters. The summed E-state index contributed by atoms with van der Waals surface area (Å²) < 4.78 is 7.07. The summed E-state index contributed by atoms with van der Waals surface area (Å²) in [6.45, 7) is 4.00. The summed E-state index contributed by atoms with van der Waals surface area (Å²) in [6, 6.07) is 0.651. The van der Waals surface area contributed by atoms with Crippen LogP contribution in [0.5, 0.6) is 0 Å². The average Bonchev–Trinajstić information content (AvgIpc) is 2.75. The minimum absolute atomic E-state index is 0.0944. The molecule has 0 N–H and O–H groups in total. The number of halogens is 1. The van der Waals surface area contributed by atoms with Gasteiger partial charge in [-0.3, -0.25) is 9.69 Å². The number of rotatable bonds is 4. The number of methoxy groups -OCH3 is 1. The van der Waals surface area contributed by atoms with Crippen molar-refractivity contribution in [2.45, 2.75) is 64.3 Å². The van der Waals surface area contributed by atoms with E-state index in [1.165, 1.54) is 17.3 Å². The SMILES string of the molecule is CCC1C(CI)CCC2CCC(C(C)=O)N2C1OC. The van der Waals surface area contributed by atoms with Gasteiger partial charge in [0, 0.05) is 23.5 Å².